The number of aromatic hydroxyl groups is 1. The van der Waals surface area contributed by atoms with Crippen LogP contribution in [-0.4, -0.2) is 37.7 Å². The summed E-state index contributed by atoms with van der Waals surface area (Å²) in [5, 5.41) is 18.7. The summed E-state index contributed by atoms with van der Waals surface area (Å²) in [5.74, 6) is -0.747. The topological polar surface area (TPSA) is 80.5 Å². The number of phenols is 1. The number of hydrogen-bond donors (Lipinski definition) is 1. The second-order valence-corrected chi connectivity index (χ2v) is 6.47. The SMILES string of the molecule is COCCOC(=O)c1c(O)cc(C)c(N=Nc2ccc(SC)cc2)c1C. The molecule has 0 unspecified atom stereocenters. The van der Waals surface area contributed by atoms with Crippen LogP contribution in [0.5, 0.6) is 5.75 Å². The van der Waals surface area contributed by atoms with Gasteiger partial charge in [0, 0.05) is 12.0 Å². The molecule has 0 fully saturated rings. The minimum Gasteiger partial charge on any atom is -0.507 e. The first kappa shape index (κ1) is 19.9. The minimum atomic E-state index is -0.613. The number of carbonyl (C=O) groups excluding carboxylic acids is 1. The van der Waals surface area contributed by atoms with Crippen molar-refractivity contribution in [1.82, 2.24) is 0 Å². The maximum absolute atomic E-state index is 12.3. The van der Waals surface area contributed by atoms with E-state index in [4.69, 9.17) is 9.47 Å². The van der Waals surface area contributed by atoms with E-state index >= 15 is 0 Å². The molecule has 0 saturated heterocycles. The Kier molecular flexibility index (Phi) is 7.17. The summed E-state index contributed by atoms with van der Waals surface area (Å²) < 4.78 is 9.98. The molecular formula is C19H22N2O4S. The van der Waals surface area contributed by atoms with Gasteiger partial charge in [0.2, 0.25) is 0 Å². The maximum atomic E-state index is 12.3. The van der Waals surface area contributed by atoms with Crippen LogP contribution in [0.4, 0.5) is 11.4 Å². The van der Waals surface area contributed by atoms with Crippen LogP contribution in [0.2, 0.25) is 0 Å². The van der Waals surface area contributed by atoms with E-state index in [1.54, 1.807) is 25.6 Å². The van der Waals surface area contributed by atoms with Crippen molar-refractivity contribution in [3.63, 3.8) is 0 Å². The van der Waals surface area contributed by atoms with Crippen molar-refractivity contribution in [2.75, 3.05) is 26.6 Å². The number of ether oxygens (including phenoxy) is 2. The number of azo groups is 1. The van der Waals surface area contributed by atoms with Crippen molar-refractivity contribution in [2.45, 2.75) is 18.7 Å². The van der Waals surface area contributed by atoms with E-state index in [-0.39, 0.29) is 24.5 Å². The lowest BCUT2D eigenvalue weighted by Crippen LogP contribution is -2.11. The van der Waals surface area contributed by atoms with E-state index in [2.05, 4.69) is 10.2 Å². The first-order valence-corrected chi connectivity index (χ1v) is 9.25. The molecular weight excluding hydrogens is 352 g/mol. The lowest BCUT2D eigenvalue weighted by atomic mass is 10.0. The highest BCUT2D eigenvalue weighted by molar-refractivity contribution is 7.98. The largest absolute Gasteiger partial charge is 0.507 e. The van der Waals surface area contributed by atoms with E-state index in [9.17, 15) is 9.90 Å². The molecule has 2 aromatic carbocycles. The van der Waals surface area contributed by atoms with Crippen molar-refractivity contribution in [2.24, 2.45) is 10.2 Å². The Morgan fingerprint density at radius 2 is 1.85 bits per heavy atom. The van der Waals surface area contributed by atoms with Gasteiger partial charge in [0.1, 0.15) is 17.9 Å². The Balaban J connectivity index is 2.31. The van der Waals surface area contributed by atoms with Crippen LogP contribution < -0.4 is 0 Å². The number of thioether (sulfide) groups is 1. The fourth-order valence-electron chi connectivity index (χ4n) is 2.41. The van der Waals surface area contributed by atoms with Gasteiger partial charge in [-0.05, 0) is 61.6 Å². The summed E-state index contributed by atoms with van der Waals surface area (Å²) in [6.07, 6.45) is 2.01. The average Bonchev–Trinajstić information content (AvgIpc) is 2.62. The number of rotatable bonds is 7. The molecule has 1 N–H and O–H groups in total. The van der Waals surface area contributed by atoms with Crippen molar-refractivity contribution in [3.8, 4) is 5.75 Å². The van der Waals surface area contributed by atoms with E-state index in [0.717, 1.165) is 10.5 Å². The summed E-state index contributed by atoms with van der Waals surface area (Å²) in [4.78, 5) is 13.4. The third-order valence-electron chi connectivity index (χ3n) is 3.78. The zero-order valence-electron chi connectivity index (χ0n) is 15.3. The molecule has 0 aliphatic carbocycles. The highest BCUT2D eigenvalue weighted by Crippen LogP contribution is 2.34. The number of methoxy groups -OCH3 is 1. The molecule has 2 rings (SSSR count). The van der Waals surface area contributed by atoms with Crippen LogP contribution >= 0.6 is 11.8 Å². The van der Waals surface area contributed by atoms with Gasteiger partial charge in [-0.3, -0.25) is 0 Å². The van der Waals surface area contributed by atoms with Crippen molar-refractivity contribution in [3.05, 3.63) is 47.0 Å². The molecule has 0 radical (unpaired) electrons. The molecule has 0 saturated carbocycles. The quantitative estimate of drug-likeness (QED) is 0.321. The summed E-state index contributed by atoms with van der Waals surface area (Å²) in [7, 11) is 1.52. The number of phenolic OH excluding ortho intramolecular Hbond substituents is 1. The van der Waals surface area contributed by atoms with E-state index in [0.29, 0.717) is 16.9 Å². The van der Waals surface area contributed by atoms with Crippen molar-refractivity contribution < 1.29 is 19.4 Å². The standard InChI is InChI=1S/C19H22N2O4S/c1-12-11-16(22)17(19(23)25-10-9-24-3)13(2)18(12)21-20-14-5-7-15(26-4)8-6-14/h5-8,11,22H,9-10H2,1-4H3. The van der Waals surface area contributed by atoms with Gasteiger partial charge < -0.3 is 14.6 Å². The summed E-state index contributed by atoms with van der Waals surface area (Å²) >= 11 is 1.65. The molecule has 0 amide bonds. The van der Waals surface area contributed by atoms with Crippen LogP contribution in [0, 0.1) is 13.8 Å². The first-order valence-electron chi connectivity index (χ1n) is 8.03. The Bertz CT molecular complexity index is 804. The Morgan fingerprint density at radius 1 is 1.15 bits per heavy atom. The summed E-state index contributed by atoms with van der Waals surface area (Å²) in [6.45, 7) is 3.92. The third kappa shape index (κ3) is 4.83. The van der Waals surface area contributed by atoms with Crippen molar-refractivity contribution >= 4 is 29.1 Å². The molecule has 0 spiro atoms. The van der Waals surface area contributed by atoms with Gasteiger partial charge in [-0.15, -0.1) is 16.9 Å². The Hall–Kier alpha value is -2.38. The predicted molar refractivity (Wildman–Crippen MR) is 102 cm³/mol. The number of carbonyl (C=O) groups is 1. The molecule has 6 nitrogen and oxygen atoms in total. The fraction of sp³-hybridized carbons (Fsp3) is 0.316. The summed E-state index contributed by atoms with van der Waals surface area (Å²) in [6, 6.07) is 9.17. The molecule has 138 valence electrons. The zero-order chi connectivity index (χ0) is 19.1. The lowest BCUT2D eigenvalue weighted by molar-refractivity contribution is 0.0384. The molecule has 0 bridgehead atoms. The van der Waals surface area contributed by atoms with Gasteiger partial charge in [-0.1, -0.05) is 0 Å². The number of hydrogen-bond acceptors (Lipinski definition) is 7. The second kappa shape index (κ2) is 9.35. The van der Waals surface area contributed by atoms with Crippen LogP contribution in [0.15, 0.2) is 45.5 Å². The molecule has 0 aliphatic heterocycles. The van der Waals surface area contributed by atoms with Gasteiger partial charge >= 0.3 is 5.97 Å². The number of benzene rings is 2. The zero-order valence-corrected chi connectivity index (χ0v) is 16.1. The molecule has 7 heteroatoms. The smallest absolute Gasteiger partial charge is 0.342 e. The minimum absolute atomic E-state index is 0.0957. The van der Waals surface area contributed by atoms with E-state index in [1.807, 2.05) is 30.5 Å². The highest BCUT2D eigenvalue weighted by atomic mass is 32.2. The van der Waals surface area contributed by atoms with Crippen molar-refractivity contribution in [1.29, 1.82) is 0 Å². The number of aryl methyl sites for hydroxylation is 1. The van der Waals surface area contributed by atoms with Crippen LogP contribution in [0.3, 0.4) is 0 Å². The molecule has 0 aromatic heterocycles. The van der Waals surface area contributed by atoms with Crippen LogP contribution in [-0.2, 0) is 9.47 Å². The molecule has 26 heavy (non-hydrogen) atoms. The second-order valence-electron chi connectivity index (χ2n) is 5.59. The van der Waals surface area contributed by atoms with Gasteiger partial charge in [-0.2, -0.15) is 5.11 Å². The predicted octanol–water partition coefficient (Wildman–Crippen LogP) is 4.95. The fourth-order valence-corrected chi connectivity index (χ4v) is 2.82. The molecule has 0 aliphatic rings. The maximum Gasteiger partial charge on any atom is 0.342 e. The monoisotopic (exact) mass is 374 g/mol. The lowest BCUT2D eigenvalue weighted by Gasteiger charge is -2.12. The highest BCUT2D eigenvalue weighted by Gasteiger charge is 2.20. The third-order valence-corrected chi connectivity index (χ3v) is 4.52. The van der Waals surface area contributed by atoms with Crippen LogP contribution in [0.1, 0.15) is 21.5 Å². The van der Waals surface area contributed by atoms with Crippen LogP contribution in [0.25, 0.3) is 0 Å². The first-order chi connectivity index (χ1) is 12.5. The normalized spacial score (nSPS) is 11.1. The molecule has 0 heterocycles. The average molecular weight is 374 g/mol. The van der Waals surface area contributed by atoms with Gasteiger partial charge in [0.15, 0.2) is 0 Å². The van der Waals surface area contributed by atoms with E-state index in [1.165, 1.54) is 13.2 Å². The van der Waals surface area contributed by atoms with Gasteiger partial charge in [0.05, 0.1) is 18.0 Å². The molecule has 0 atom stereocenters. The Labute approximate surface area is 157 Å². The Morgan fingerprint density at radius 3 is 2.46 bits per heavy atom. The number of esters is 1. The van der Waals surface area contributed by atoms with Gasteiger partial charge in [0.25, 0.3) is 0 Å². The van der Waals surface area contributed by atoms with Gasteiger partial charge in [-0.25, -0.2) is 4.79 Å². The summed E-state index contributed by atoms with van der Waals surface area (Å²) in [5.41, 5.74) is 2.58. The molecule has 2 aromatic rings. The van der Waals surface area contributed by atoms with E-state index < -0.39 is 5.97 Å². The number of nitrogens with zero attached hydrogens (tertiary/aromatic N) is 2.